The van der Waals surface area contributed by atoms with Crippen LogP contribution >= 0.6 is 0 Å². The van der Waals surface area contributed by atoms with Crippen LogP contribution < -0.4 is 5.32 Å². The molecule has 1 rings (SSSR count). The summed E-state index contributed by atoms with van der Waals surface area (Å²) in [7, 11) is 1.51. The van der Waals surface area contributed by atoms with Crippen LogP contribution in [0, 0.1) is 17.0 Å². The van der Waals surface area contributed by atoms with Gasteiger partial charge in [0, 0.05) is 7.05 Å². The fourth-order valence-corrected chi connectivity index (χ4v) is 1.30. The molecule has 1 aromatic rings. The molecule has 0 aromatic carbocycles. The van der Waals surface area contributed by atoms with E-state index in [2.05, 4.69) is 10.4 Å². The largest absolute Gasteiger partial charge is 0.357 e. The molecule has 0 bridgehead atoms. The fourth-order valence-electron chi connectivity index (χ4n) is 1.30. The van der Waals surface area contributed by atoms with Crippen molar-refractivity contribution in [3.63, 3.8) is 0 Å². The molecule has 1 amide bonds. The summed E-state index contributed by atoms with van der Waals surface area (Å²) < 4.78 is 1.33. The Hall–Kier alpha value is -1.92. The molecular formula is C8H12N4O3. The molecule has 0 spiro atoms. The van der Waals surface area contributed by atoms with Gasteiger partial charge < -0.3 is 5.32 Å². The third-order valence-electron chi connectivity index (χ3n) is 2.21. The Morgan fingerprint density at radius 3 is 2.73 bits per heavy atom. The van der Waals surface area contributed by atoms with E-state index in [1.54, 1.807) is 13.8 Å². The summed E-state index contributed by atoms with van der Waals surface area (Å²) in [4.78, 5) is 21.3. The molecule has 15 heavy (non-hydrogen) atoms. The molecule has 0 aliphatic carbocycles. The van der Waals surface area contributed by atoms with Gasteiger partial charge in [0.05, 0.1) is 4.92 Å². The van der Waals surface area contributed by atoms with Crippen molar-refractivity contribution in [2.24, 2.45) is 0 Å². The van der Waals surface area contributed by atoms with Gasteiger partial charge >= 0.3 is 5.69 Å². The number of rotatable bonds is 3. The molecule has 0 fully saturated rings. The zero-order chi connectivity index (χ0) is 11.6. The van der Waals surface area contributed by atoms with Gasteiger partial charge in [0.15, 0.2) is 0 Å². The second-order valence-electron chi connectivity index (χ2n) is 3.11. The van der Waals surface area contributed by atoms with Gasteiger partial charge in [0.25, 0.3) is 0 Å². The van der Waals surface area contributed by atoms with E-state index >= 15 is 0 Å². The fraction of sp³-hybridized carbons (Fsp3) is 0.500. The third kappa shape index (κ3) is 1.95. The summed E-state index contributed by atoms with van der Waals surface area (Å²) in [6.45, 7) is 3.19. The molecule has 0 saturated heterocycles. The quantitative estimate of drug-likeness (QED) is 0.580. The predicted molar refractivity (Wildman–Crippen MR) is 52.4 cm³/mol. The number of carbonyl (C=O) groups is 1. The zero-order valence-electron chi connectivity index (χ0n) is 8.72. The van der Waals surface area contributed by atoms with Crippen LogP contribution in [0.5, 0.6) is 0 Å². The monoisotopic (exact) mass is 212 g/mol. The number of nitrogens with one attached hydrogen (secondary N) is 1. The minimum atomic E-state index is -0.552. The Bertz CT molecular complexity index is 399. The van der Waals surface area contributed by atoms with E-state index in [0.717, 1.165) is 6.20 Å². The van der Waals surface area contributed by atoms with E-state index in [1.807, 2.05) is 0 Å². The van der Waals surface area contributed by atoms with Crippen LogP contribution in [-0.4, -0.2) is 27.7 Å². The first-order valence-electron chi connectivity index (χ1n) is 4.39. The van der Waals surface area contributed by atoms with Crippen molar-refractivity contribution >= 4 is 11.6 Å². The number of nitrogens with zero attached hydrogens (tertiary/aromatic N) is 3. The van der Waals surface area contributed by atoms with Crippen LogP contribution in [0.4, 0.5) is 5.69 Å². The van der Waals surface area contributed by atoms with E-state index in [4.69, 9.17) is 0 Å². The van der Waals surface area contributed by atoms with Crippen molar-refractivity contribution in [2.45, 2.75) is 19.9 Å². The average Bonchev–Trinajstić information content (AvgIpc) is 2.57. The molecule has 1 heterocycles. The SMILES string of the molecule is CNC(=O)C(C)n1ncc([N+](=O)[O-])c1C. The summed E-state index contributed by atoms with van der Waals surface area (Å²) in [5.74, 6) is -0.240. The highest BCUT2D eigenvalue weighted by Gasteiger charge is 2.22. The van der Waals surface area contributed by atoms with Crippen LogP contribution in [0.25, 0.3) is 0 Å². The Morgan fingerprint density at radius 1 is 1.73 bits per heavy atom. The Morgan fingerprint density at radius 2 is 2.33 bits per heavy atom. The second kappa shape index (κ2) is 4.07. The highest BCUT2D eigenvalue weighted by Crippen LogP contribution is 2.19. The number of carbonyl (C=O) groups excluding carboxylic acids is 1. The van der Waals surface area contributed by atoms with Gasteiger partial charge in [0.2, 0.25) is 5.91 Å². The van der Waals surface area contributed by atoms with Crippen molar-refractivity contribution in [3.8, 4) is 0 Å². The number of likely N-dealkylation sites (N-methyl/N-ethyl adjacent to an activating group) is 1. The first-order chi connectivity index (χ1) is 6.99. The zero-order valence-corrected chi connectivity index (χ0v) is 8.72. The lowest BCUT2D eigenvalue weighted by atomic mass is 10.3. The van der Waals surface area contributed by atoms with E-state index < -0.39 is 11.0 Å². The number of nitro groups is 1. The summed E-state index contributed by atoms with van der Waals surface area (Å²) in [6.07, 6.45) is 1.15. The van der Waals surface area contributed by atoms with E-state index in [0.29, 0.717) is 5.69 Å². The normalized spacial score (nSPS) is 12.2. The maximum atomic E-state index is 11.3. The highest BCUT2D eigenvalue weighted by atomic mass is 16.6. The lowest BCUT2D eigenvalue weighted by molar-refractivity contribution is -0.385. The van der Waals surface area contributed by atoms with Gasteiger partial charge in [-0.05, 0) is 13.8 Å². The summed E-state index contributed by atoms with van der Waals surface area (Å²) in [5.41, 5.74) is 0.293. The molecule has 0 saturated carbocycles. The third-order valence-corrected chi connectivity index (χ3v) is 2.21. The van der Waals surface area contributed by atoms with Crippen molar-refractivity contribution in [1.29, 1.82) is 0 Å². The minimum absolute atomic E-state index is 0.0780. The molecule has 82 valence electrons. The van der Waals surface area contributed by atoms with Gasteiger partial charge in [-0.3, -0.25) is 19.6 Å². The van der Waals surface area contributed by atoms with Crippen LogP contribution in [-0.2, 0) is 4.79 Å². The molecule has 7 nitrogen and oxygen atoms in total. The molecule has 0 radical (unpaired) electrons. The Labute approximate surface area is 86.2 Å². The van der Waals surface area contributed by atoms with Crippen LogP contribution in [0.1, 0.15) is 18.7 Å². The smallest absolute Gasteiger partial charge is 0.309 e. The molecule has 1 unspecified atom stereocenters. The topological polar surface area (TPSA) is 90.1 Å². The van der Waals surface area contributed by atoms with Crippen molar-refractivity contribution < 1.29 is 9.72 Å². The minimum Gasteiger partial charge on any atom is -0.357 e. The Balaban J connectivity index is 3.06. The summed E-state index contributed by atoms with van der Waals surface area (Å²) in [6, 6.07) is -0.552. The van der Waals surface area contributed by atoms with E-state index in [-0.39, 0.29) is 11.6 Å². The lowest BCUT2D eigenvalue weighted by Gasteiger charge is -2.11. The maximum Gasteiger partial charge on any atom is 0.309 e. The maximum absolute atomic E-state index is 11.3. The van der Waals surface area contributed by atoms with Gasteiger partial charge in [0.1, 0.15) is 17.9 Å². The number of hydrogen-bond acceptors (Lipinski definition) is 4. The first-order valence-corrected chi connectivity index (χ1v) is 4.39. The van der Waals surface area contributed by atoms with Gasteiger partial charge in [-0.15, -0.1) is 0 Å². The highest BCUT2D eigenvalue weighted by molar-refractivity contribution is 5.79. The molecule has 0 aliphatic rings. The van der Waals surface area contributed by atoms with Crippen LogP contribution in [0.2, 0.25) is 0 Å². The predicted octanol–water partition coefficient (Wildman–Crippen LogP) is 0.407. The molecule has 1 aromatic heterocycles. The van der Waals surface area contributed by atoms with Gasteiger partial charge in [-0.25, -0.2) is 0 Å². The first kappa shape index (κ1) is 11.2. The molecule has 0 aliphatic heterocycles. The molecular weight excluding hydrogens is 200 g/mol. The van der Waals surface area contributed by atoms with Crippen molar-refractivity contribution in [3.05, 3.63) is 22.0 Å². The van der Waals surface area contributed by atoms with Gasteiger partial charge in [-0.1, -0.05) is 0 Å². The summed E-state index contributed by atoms with van der Waals surface area (Å²) >= 11 is 0. The molecule has 1 atom stereocenters. The lowest BCUT2D eigenvalue weighted by Crippen LogP contribution is -2.28. The van der Waals surface area contributed by atoms with Crippen LogP contribution in [0.15, 0.2) is 6.20 Å². The standard InChI is InChI=1S/C8H12N4O3/c1-5-7(12(14)15)4-10-11(5)6(2)8(13)9-3/h4,6H,1-3H3,(H,9,13). The average molecular weight is 212 g/mol. The van der Waals surface area contributed by atoms with Crippen molar-refractivity contribution in [2.75, 3.05) is 7.05 Å². The number of hydrogen-bond donors (Lipinski definition) is 1. The number of amides is 1. The van der Waals surface area contributed by atoms with Gasteiger partial charge in [-0.2, -0.15) is 5.10 Å². The van der Waals surface area contributed by atoms with E-state index in [9.17, 15) is 14.9 Å². The second-order valence-corrected chi connectivity index (χ2v) is 3.11. The summed E-state index contributed by atoms with van der Waals surface area (Å²) in [5, 5.41) is 16.8. The number of aromatic nitrogens is 2. The Kier molecular flexibility index (Phi) is 3.03. The molecule has 7 heteroatoms. The van der Waals surface area contributed by atoms with Crippen molar-refractivity contribution in [1.82, 2.24) is 15.1 Å². The van der Waals surface area contributed by atoms with E-state index in [1.165, 1.54) is 11.7 Å². The molecule has 1 N–H and O–H groups in total. The van der Waals surface area contributed by atoms with Crippen LogP contribution in [0.3, 0.4) is 0 Å².